The molecule has 1 saturated carbocycles. The molecule has 1 saturated heterocycles. The van der Waals surface area contributed by atoms with Gasteiger partial charge >= 0.3 is 0 Å². The summed E-state index contributed by atoms with van der Waals surface area (Å²) in [5.74, 6) is -0.725. The van der Waals surface area contributed by atoms with Crippen molar-refractivity contribution in [2.75, 3.05) is 7.11 Å². The molecule has 3 atom stereocenters. The average molecular weight is 514 g/mol. The molecule has 192 valence electrons. The number of aromatic amines is 1. The van der Waals surface area contributed by atoms with E-state index in [-0.39, 0.29) is 34.9 Å². The van der Waals surface area contributed by atoms with Crippen LogP contribution >= 0.6 is 11.6 Å². The Labute approximate surface area is 215 Å². The van der Waals surface area contributed by atoms with Crippen molar-refractivity contribution in [2.45, 2.75) is 70.5 Å². The molecule has 1 aliphatic carbocycles. The van der Waals surface area contributed by atoms with Crippen LogP contribution in [0, 0.1) is 22.7 Å². The molecule has 1 aromatic carbocycles. The van der Waals surface area contributed by atoms with Gasteiger partial charge in [0.25, 0.3) is 5.91 Å². The van der Waals surface area contributed by atoms with Crippen molar-refractivity contribution >= 4 is 40.2 Å². The first-order valence-corrected chi connectivity index (χ1v) is 12.5. The molecule has 0 unspecified atom stereocenters. The van der Waals surface area contributed by atoms with Crippen molar-refractivity contribution in [3.63, 3.8) is 0 Å². The lowest BCUT2D eigenvalue weighted by Gasteiger charge is -2.27. The van der Waals surface area contributed by atoms with Crippen LogP contribution in [0.15, 0.2) is 18.2 Å². The molecular weight excluding hydrogens is 482 g/mol. The van der Waals surface area contributed by atoms with Gasteiger partial charge in [0, 0.05) is 22.9 Å². The summed E-state index contributed by atoms with van der Waals surface area (Å²) >= 11 is 6.31. The number of nitrogens with zero attached hydrogens (tertiary/aromatic N) is 1. The van der Waals surface area contributed by atoms with Crippen molar-refractivity contribution < 1.29 is 19.1 Å². The molecule has 2 fully saturated rings. The zero-order valence-corrected chi connectivity index (χ0v) is 21.7. The summed E-state index contributed by atoms with van der Waals surface area (Å²) in [7, 11) is 1.53. The summed E-state index contributed by atoms with van der Waals surface area (Å²) in [5.41, 5.74) is 0.465. The molecule has 1 aromatic heterocycles. The third-order valence-corrected chi connectivity index (χ3v) is 7.11. The SMILES string of the molecule is COc1cc(Cl)c2[nH]c(C(=O)N[C@@H](CC(C)(C)C)C(=O)N[C@H](C#N)C[C@@H]3CC4(CC4)NC3=O)cc2c1. The summed E-state index contributed by atoms with van der Waals surface area (Å²) in [6.45, 7) is 5.90. The van der Waals surface area contributed by atoms with Crippen molar-refractivity contribution in [1.82, 2.24) is 20.9 Å². The zero-order chi connectivity index (χ0) is 26.3. The number of benzene rings is 1. The summed E-state index contributed by atoms with van der Waals surface area (Å²) in [6, 6.07) is 5.46. The minimum Gasteiger partial charge on any atom is -0.497 e. The van der Waals surface area contributed by atoms with E-state index in [1.165, 1.54) is 7.11 Å². The van der Waals surface area contributed by atoms with Crippen molar-refractivity contribution in [3.05, 3.63) is 28.9 Å². The van der Waals surface area contributed by atoms with E-state index >= 15 is 0 Å². The molecular formula is C26H32ClN5O4. The van der Waals surface area contributed by atoms with E-state index in [1.54, 1.807) is 18.2 Å². The van der Waals surface area contributed by atoms with Gasteiger partial charge in [-0.15, -0.1) is 0 Å². The first-order valence-electron chi connectivity index (χ1n) is 12.1. The van der Waals surface area contributed by atoms with Crippen LogP contribution in [-0.4, -0.2) is 47.4 Å². The number of H-pyrrole nitrogens is 1. The fourth-order valence-corrected chi connectivity index (χ4v) is 5.09. The molecule has 2 aromatic rings. The van der Waals surface area contributed by atoms with E-state index in [0.717, 1.165) is 12.8 Å². The minimum atomic E-state index is -0.878. The maximum atomic E-state index is 13.2. The zero-order valence-electron chi connectivity index (χ0n) is 21.0. The molecule has 9 nitrogen and oxygen atoms in total. The van der Waals surface area contributed by atoms with E-state index in [4.69, 9.17) is 16.3 Å². The highest BCUT2D eigenvalue weighted by Crippen LogP contribution is 2.46. The second kappa shape index (κ2) is 9.66. The van der Waals surface area contributed by atoms with Crippen LogP contribution in [0.5, 0.6) is 5.75 Å². The number of carbonyl (C=O) groups is 3. The van der Waals surface area contributed by atoms with Gasteiger partial charge in [-0.1, -0.05) is 32.4 Å². The Morgan fingerprint density at radius 3 is 2.58 bits per heavy atom. The molecule has 2 aliphatic rings. The Hall–Kier alpha value is -3.25. The number of hydrogen-bond donors (Lipinski definition) is 4. The second-order valence-corrected chi connectivity index (χ2v) is 11.6. The second-order valence-electron chi connectivity index (χ2n) is 11.1. The molecule has 4 rings (SSSR count). The highest BCUT2D eigenvalue weighted by Gasteiger charge is 2.52. The van der Waals surface area contributed by atoms with Gasteiger partial charge in [-0.2, -0.15) is 5.26 Å². The fourth-order valence-electron chi connectivity index (χ4n) is 4.82. The highest BCUT2D eigenvalue weighted by atomic mass is 35.5. The van der Waals surface area contributed by atoms with Crippen LogP contribution in [0.2, 0.25) is 5.02 Å². The summed E-state index contributed by atoms with van der Waals surface area (Å²) in [5, 5.41) is 19.4. The van der Waals surface area contributed by atoms with Crippen molar-refractivity contribution in [3.8, 4) is 11.8 Å². The maximum absolute atomic E-state index is 13.2. The molecule has 3 amide bonds. The Morgan fingerprint density at radius 1 is 1.28 bits per heavy atom. The number of carbonyl (C=O) groups excluding carboxylic acids is 3. The molecule has 0 radical (unpaired) electrons. The predicted octanol–water partition coefficient (Wildman–Crippen LogP) is 3.43. The minimum absolute atomic E-state index is 0.0596. The summed E-state index contributed by atoms with van der Waals surface area (Å²) < 4.78 is 5.24. The number of aromatic nitrogens is 1. The maximum Gasteiger partial charge on any atom is 0.268 e. The number of nitrogens with one attached hydrogen (secondary N) is 4. The Kier molecular flexibility index (Phi) is 6.93. The molecule has 10 heteroatoms. The monoisotopic (exact) mass is 513 g/mol. The third-order valence-electron chi connectivity index (χ3n) is 6.81. The molecule has 1 aliphatic heterocycles. The van der Waals surface area contributed by atoms with Gasteiger partial charge in [0.2, 0.25) is 11.8 Å². The molecule has 4 N–H and O–H groups in total. The number of hydrogen-bond acceptors (Lipinski definition) is 5. The lowest BCUT2D eigenvalue weighted by Crippen LogP contribution is -2.51. The van der Waals surface area contributed by atoms with Crippen molar-refractivity contribution in [1.29, 1.82) is 5.26 Å². The Bertz CT molecular complexity index is 1240. The number of ether oxygens (including phenoxy) is 1. The van der Waals surface area contributed by atoms with Gasteiger partial charge in [-0.05, 0) is 49.7 Å². The number of amides is 3. The first kappa shape index (κ1) is 25.8. The van der Waals surface area contributed by atoms with E-state index in [9.17, 15) is 19.6 Å². The summed E-state index contributed by atoms with van der Waals surface area (Å²) in [4.78, 5) is 41.7. The quantitative estimate of drug-likeness (QED) is 0.428. The van der Waals surface area contributed by atoms with Gasteiger partial charge in [-0.25, -0.2) is 0 Å². The highest BCUT2D eigenvalue weighted by molar-refractivity contribution is 6.35. The number of nitriles is 1. The van der Waals surface area contributed by atoms with Crippen molar-refractivity contribution in [2.24, 2.45) is 11.3 Å². The normalized spacial score (nSPS) is 19.9. The Balaban J connectivity index is 1.47. The van der Waals surface area contributed by atoms with Gasteiger partial charge in [0.1, 0.15) is 23.5 Å². The fraction of sp³-hybridized carbons (Fsp3) is 0.538. The number of rotatable bonds is 8. The number of fused-ring (bicyclic) bond motifs is 1. The van der Waals surface area contributed by atoms with Gasteiger partial charge in [0.05, 0.1) is 23.7 Å². The standard InChI is InChI=1S/C26H32ClN5O4/c1-25(2,3)12-20(24(35)29-16(13-28)7-15-11-26(5-6-26)32-22(15)33)31-23(34)19-9-14-8-17(36-4)10-18(27)21(14)30-19/h8-10,15-16,20,30H,5-7,11-12H2,1-4H3,(H,29,35)(H,31,34)(H,32,33)/t15-,16+,20+/m1/s1. The lowest BCUT2D eigenvalue weighted by atomic mass is 9.87. The van der Waals surface area contributed by atoms with Gasteiger partial charge < -0.3 is 25.7 Å². The lowest BCUT2D eigenvalue weighted by molar-refractivity contribution is -0.125. The predicted molar refractivity (Wildman–Crippen MR) is 136 cm³/mol. The average Bonchev–Trinajstić information content (AvgIpc) is 3.27. The molecule has 36 heavy (non-hydrogen) atoms. The van der Waals surface area contributed by atoms with Gasteiger partial charge in [-0.3, -0.25) is 14.4 Å². The van der Waals surface area contributed by atoms with Crippen LogP contribution in [0.25, 0.3) is 10.9 Å². The van der Waals surface area contributed by atoms with E-state index in [0.29, 0.717) is 34.5 Å². The van der Waals surface area contributed by atoms with E-state index in [2.05, 4.69) is 27.0 Å². The van der Waals surface area contributed by atoms with Crippen LogP contribution in [0.1, 0.15) is 63.4 Å². The van der Waals surface area contributed by atoms with Gasteiger partial charge in [0.15, 0.2) is 0 Å². The largest absolute Gasteiger partial charge is 0.497 e. The first-order chi connectivity index (χ1) is 16.9. The number of halogens is 1. The van der Waals surface area contributed by atoms with E-state index < -0.39 is 23.9 Å². The Morgan fingerprint density at radius 2 is 2.00 bits per heavy atom. The van der Waals surface area contributed by atoms with E-state index in [1.807, 2.05) is 20.8 Å². The molecule has 1 spiro atoms. The van der Waals surface area contributed by atoms with Crippen LogP contribution < -0.4 is 20.7 Å². The van der Waals surface area contributed by atoms with Crippen LogP contribution in [0.3, 0.4) is 0 Å². The molecule has 0 bridgehead atoms. The topological polar surface area (TPSA) is 136 Å². The van der Waals surface area contributed by atoms with Crippen LogP contribution in [0.4, 0.5) is 0 Å². The molecule has 2 heterocycles. The summed E-state index contributed by atoms with van der Waals surface area (Å²) in [6.07, 6.45) is 3.21. The third kappa shape index (κ3) is 5.76. The smallest absolute Gasteiger partial charge is 0.268 e. The number of methoxy groups -OCH3 is 1. The van der Waals surface area contributed by atoms with Crippen LogP contribution in [-0.2, 0) is 9.59 Å².